The molecule has 1 N–H and O–H groups in total. The molecule has 1 spiro atoms. The fourth-order valence-corrected chi connectivity index (χ4v) is 9.16. The number of nitrogens with zero attached hydrogens (tertiary/aromatic N) is 3. The lowest BCUT2D eigenvalue weighted by Gasteiger charge is -2.40. The molecule has 3 aliphatic rings. The highest BCUT2D eigenvalue weighted by Crippen LogP contribution is 2.61. The third-order valence-corrected chi connectivity index (χ3v) is 10.8. The largest absolute Gasteiger partial charge is 0.494 e. The third kappa shape index (κ3) is 6.21. The number of alkyl halides is 1. The highest BCUT2D eigenvalue weighted by atomic mass is 79.9. The van der Waals surface area contributed by atoms with Crippen molar-refractivity contribution in [3.8, 4) is 5.75 Å². The van der Waals surface area contributed by atoms with Crippen LogP contribution in [0.3, 0.4) is 0 Å². The second-order valence-electron chi connectivity index (χ2n) is 13.2. The average molecular weight is 743 g/mol. The number of anilines is 2. The van der Waals surface area contributed by atoms with E-state index in [0.717, 1.165) is 5.56 Å². The molecule has 0 radical (unpaired) electrons. The Morgan fingerprint density at radius 2 is 1.81 bits per heavy atom. The highest BCUT2D eigenvalue weighted by molar-refractivity contribution is 9.09. The molecule has 258 valence electrons. The van der Waals surface area contributed by atoms with Gasteiger partial charge in [-0.2, -0.15) is 0 Å². The first-order chi connectivity index (χ1) is 22.9. The number of halogens is 2. The predicted octanol–water partition coefficient (Wildman–Crippen LogP) is 5.94. The van der Waals surface area contributed by atoms with Crippen molar-refractivity contribution in [2.24, 2.45) is 17.8 Å². The van der Waals surface area contributed by atoms with Gasteiger partial charge in [0.15, 0.2) is 0 Å². The van der Waals surface area contributed by atoms with E-state index in [1.165, 1.54) is 4.90 Å². The number of rotatable bonds is 14. The van der Waals surface area contributed by atoms with E-state index in [1.54, 1.807) is 52.3 Å². The van der Waals surface area contributed by atoms with Crippen LogP contribution in [0.5, 0.6) is 5.75 Å². The minimum absolute atomic E-state index is 0.111. The van der Waals surface area contributed by atoms with Crippen molar-refractivity contribution in [3.63, 3.8) is 0 Å². The summed E-state index contributed by atoms with van der Waals surface area (Å²) in [5, 5.41) is 11.1. The molecule has 3 saturated heterocycles. The van der Waals surface area contributed by atoms with Crippen LogP contribution in [0.4, 0.5) is 11.4 Å². The van der Waals surface area contributed by atoms with E-state index in [1.807, 2.05) is 39.8 Å². The number of aryl methyl sites for hydroxylation is 1. The quantitative estimate of drug-likeness (QED) is 0.190. The highest BCUT2D eigenvalue weighted by Gasteiger charge is 2.77. The molecule has 2 aromatic carbocycles. The van der Waals surface area contributed by atoms with E-state index in [4.69, 9.17) is 21.1 Å². The predicted molar refractivity (Wildman–Crippen MR) is 192 cm³/mol. The molecule has 9 nitrogen and oxygen atoms in total. The van der Waals surface area contributed by atoms with E-state index in [9.17, 15) is 14.7 Å². The second-order valence-corrected chi connectivity index (χ2v) is 14.8. The molecule has 0 aliphatic carbocycles. The lowest BCUT2D eigenvalue weighted by molar-refractivity contribution is -0.144. The van der Waals surface area contributed by atoms with Crippen LogP contribution in [-0.2, 0) is 19.1 Å². The van der Waals surface area contributed by atoms with Gasteiger partial charge in [0.05, 0.1) is 47.9 Å². The summed E-state index contributed by atoms with van der Waals surface area (Å²) in [4.78, 5) is 49.0. The lowest BCUT2D eigenvalue weighted by Crippen LogP contribution is -2.59. The average Bonchev–Trinajstić information content (AvgIpc) is 3.65. The first-order valence-corrected chi connectivity index (χ1v) is 17.8. The smallest absolute Gasteiger partial charge is 0.253 e. The Balaban J connectivity index is 1.63. The van der Waals surface area contributed by atoms with Gasteiger partial charge in [0.2, 0.25) is 11.8 Å². The van der Waals surface area contributed by atoms with Gasteiger partial charge in [0.25, 0.3) is 5.91 Å². The first-order valence-electron chi connectivity index (χ1n) is 16.5. The van der Waals surface area contributed by atoms with Crippen LogP contribution in [0.1, 0.15) is 39.2 Å². The first kappa shape index (κ1) is 36.1. The van der Waals surface area contributed by atoms with Crippen LogP contribution in [-0.4, -0.2) is 82.6 Å². The van der Waals surface area contributed by atoms with Gasteiger partial charge in [0.1, 0.15) is 17.4 Å². The molecular weight excluding hydrogens is 698 g/mol. The Labute approximate surface area is 296 Å². The zero-order valence-corrected chi connectivity index (χ0v) is 30.3. The molecule has 48 heavy (non-hydrogen) atoms. The van der Waals surface area contributed by atoms with Gasteiger partial charge in [-0.3, -0.25) is 14.4 Å². The van der Waals surface area contributed by atoms with Gasteiger partial charge < -0.3 is 29.3 Å². The Morgan fingerprint density at radius 1 is 1.15 bits per heavy atom. The summed E-state index contributed by atoms with van der Waals surface area (Å²) in [6.07, 6.45) is 3.38. The van der Waals surface area contributed by atoms with Crippen molar-refractivity contribution < 1.29 is 29.0 Å². The number of fused-ring (bicyclic) bond motifs is 1. The van der Waals surface area contributed by atoms with Gasteiger partial charge in [-0.05, 0) is 68.5 Å². The molecule has 11 heteroatoms. The molecule has 7 atom stereocenters. The molecule has 3 fully saturated rings. The van der Waals surface area contributed by atoms with Gasteiger partial charge in [0, 0.05) is 23.6 Å². The molecule has 0 aromatic heterocycles. The summed E-state index contributed by atoms with van der Waals surface area (Å²) in [5.74, 6) is -2.12. The van der Waals surface area contributed by atoms with Gasteiger partial charge >= 0.3 is 0 Å². The number of carbonyl (C=O) groups excluding carboxylic acids is 3. The molecule has 3 unspecified atom stereocenters. The number of aliphatic hydroxyl groups excluding tert-OH is 1. The van der Waals surface area contributed by atoms with E-state index >= 15 is 4.79 Å². The number of aliphatic hydroxyl groups is 1. The maximum atomic E-state index is 15.1. The van der Waals surface area contributed by atoms with E-state index < -0.39 is 41.5 Å². The fraction of sp³-hybridized carbons (Fsp3) is 0.486. The number of hydrogen-bond donors (Lipinski definition) is 1. The SMILES string of the molecule is C=CCN(C(=O)[C@H]1[C@@H]2OC3(CC2Br)C(C(=O)N(CC=C)c2c(C)cccc2Cl)N([C@@H](CO)CC(C)C)C(=O)[C@H]13)c1ccc(OCC)cc1. The van der Waals surface area contributed by atoms with Crippen LogP contribution in [0.15, 0.2) is 67.8 Å². The second kappa shape index (κ2) is 14.7. The number of ether oxygens (including phenoxy) is 2. The molecule has 0 saturated carbocycles. The van der Waals surface area contributed by atoms with Crippen LogP contribution in [0.25, 0.3) is 0 Å². The number of hydrogen-bond acceptors (Lipinski definition) is 6. The molecule has 5 rings (SSSR count). The van der Waals surface area contributed by atoms with Crippen molar-refractivity contribution in [1.82, 2.24) is 4.90 Å². The number of para-hydroxylation sites is 1. The van der Waals surface area contributed by atoms with Crippen molar-refractivity contribution in [2.75, 3.05) is 36.1 Å². The molecule has 2 aromatic rings. The summed E-state index contributed by atoms with van der Waals surface area (Å²) in [5.41, 5.74) is 0.594. The summed E-state index contributed by atoms with van der Waals surface area (Å²) in [6, 6.07) is 10.8. The van der Waals surface area contributed by atoms with Crippen molar-refractivity contribution in [1.29, 1.82) is 0 Å². The van der Waals surface area contributed by atoms with Crippen molar-refractivity contribution in [2.45, 2.75) is 69.2 Å². The molecule has 3 aliphatic heterocycles. The summed E-state index contributed by atoms with van der Waals surface area (Å²) in [7, 11) is 0. The number of amides is 3. The zero-order valence-electron chi connectivity index (χ0n) is 28.0. The van der Waals surface area contributed by atoms with Crippen LogP contribution >= 0.6 is 27.5 Å². The summed E-state index contributed by atoms with van der Waals surface area (Å²) in [6.45, 7) is 16.1. The van der Waals surface area contributed by atoms with Crippen LogP contribution in [0.2, 0.25) is 5.02 Å². The molecular formula is C37H45BrClN3O6. The Morgan fingerprint density at radius 3 is 2.40 bits per heavy atom. The Kier molecular flexibility index (Phi) is 11.1. The monoisotopic (exact) mass is 741 g/mol. The topological polar surface area (TPSA) is 99.6 Å². The molecule has 3 heterocycles. The minimum Gasteiger partial charge on any atom is -0.494 e. The summed E-state index contributed by atoms with van der Waals surface area (Å²) >= 11 is 10.5. The summed E-state index contributed by atoms with van der Waals surface area (Å²) < 4.78 is 12.4. The van der Waals surface area contributed by atoms with Crippen LogP contribution < -0.4 is 14.5 Å². The molecule has 2 bridgehead atoms. The fourth-order valence-electron chi connectivity index (χ4n) is 7.90. The maximum Gasteiger partial charge on any atom is 0.253 e. The number of benzene rings is 2. The van der Waals surface area contributed by atoms with E-state index in [-0.39, 0.29) is 42.3 Å². The number of likely N-dealkylation sites (tertiary alicyclic amines) is 1. The number of carbonyl (C=O) groups is 3. The molecule has 3 amide bonds. The Bertz CT molecular complexity index is 1530. The van der Waals surface area contributed by atoms with E-state index in [0.29, 0.717) is 41.6 Å². The van der Waals surface area contributed by atoms with E-state index in [2.05, 4.69) is 29.1 Å². The zero-order chi connectivity index (χ0) is 34.9. The third-order valence-electron chi connectivity index (χ3n) is 9.67. The van der Waals surface area contributed by atoms with Gasteiger partial charge in [-0.1, -0.05) is 65.7 Å². The van der Waals surface area contributed by atoms with Crippen molar-refractivity contribution >= 4 is 56.6 Å². The van der Waals surface area contributed by atoms with Gasteiger partial charge in [-0.25, -0.2) is 0 Å². The standard InChI is InChI=1S/C37H45BrClN3O6/c1-7-17-40(24-13-15-26(16-14-24)47-9-3)34(44)29-30-35(45)42(25(21-43)19-22(4)5)33(37(30)20-27(38)32(29)48-37)36(46)41(18-8-2)31-23(6)11-10-12-28(31)39/h7-8,10-16,22,25,27,29-30,32-33,43H,1-2,9,17-21H2,3-6H3/t25-,27?,29-,30+,32-,33?,37?/m1/s1. The Hall–Kier alpha value is -3.18. The van der Waals surface area contributed by atoms with Gasteiger partial charge in [-0.15, -0.1) is 13.2 Å². The normalized spacial score (nSPS) is 26.4. The maximum absolute atomic E-state index is 15.1. The van der Waals surface area contributed by atoms with Crippen molar-refractivity contribution in [3.05, 3.63) is 78.4 Å². The van der Waals surface area contributed by atoms with Crippen LogP contribution in [0, 0.1) is 24.7 Å². The lowest BCUT2D eigenvalue weighted by atomic mass is 9.70. The minimum atomic E-state index is -1.33.